The van der Waals surface area contributed by atoms with Crippen molar-refractivity contribution in [2.45, 2.75) is 26.0 Å². The summed E-state index contributed by atoms with van der Waals surface area (Å²) in [5.41, 5.74) is 1.77. The highest BCUT2D eigenvalue weighted by Crippen LogP contribution is 2.35. The van der Waals surface area contributed by atoms with Gasteiger partial charge in [0.2, 0.25) is 0 Å². The van der Waals surface area contributed by atoms with Crippen LogP contribution in [-0.2, 0) is 6.54 Å². The van der Waals surface area contributed by atoms with Gasteiger partial charge in [-0.15, -0.1) is 0 Å². The Morgan fingerprint density at radius 2 is 2.23 bits per heavy atom. The first-order valence-electron chi connectivity index (χ1n) is 7.26. The molecule has 2 heterocycles. The highest BCUT2D eigenvalue weighted by molar-refractivity contribution is 9.10. The van der Waals surface area contributed by atoms with Gasteiger partial charge in [0, 0.05) is 24.1 Å². The normalized spacial score (nSPS) is 18.6. The molecule has 1 aromatic heterocycles. The van der Waals surface area contributed by atoms with E-state index in [1.165, 1.54) is 0 Å². The molecular formula is C17H18BrNO3. The van der Waals surface area contributed by atoms with Crippen LogP contribution in [0.5, 0.6) is 5.75 Å². The topological polar surface area (TPSA) is 42.7 Å². The Kier molecular flexibility index (Phi) is 4.36. The van der Waals surface area contributed by atoms with Gasteiger partial charge in [-0.25, -0.2) is 0 Å². The van der Waals surface area contributed by atoms with Crippen LogP contribution in [0.2, 0.25) is 0 Å². The molecule has 1 aliphatic heterocycles. The number of halogens is 1. The zero-order valence-corrected chi connectivity index (χ0v) is 14.2. The SMILES string of the molecule is CC(=O)c1ccc(OC2CCN(C)Cc3occc32)c(Br)c1. The average molecular weight is 364 g/mol. The van der Waals surface area contributed by atoms with E-state index in [2.05, 4.69) is 27.9 Å². The fourth-order valence-electron chi connectivity index (χ4n) is 2.67. The monoisotopic (exact) mass is 363 g/mol. The zero-order valence-electron chi connectivity index (χ0n) is 12.6. The lowest BCUT2D eigenvalue weighted by Crippen LogP contribution is -2.18. The summed E-state index contributed by atoms with van der Waals surface area (Å²) in [6, 6.07) is 7.42. The van der Waals surface area contributed by atoms with E-state index in [0.29, 0.717) is 5.56 Å². The van der Waals surface area contributed by atoms with Gasteiger partial charge in [0.25, 0.3) is 0 Å². The van der Waals surface area contributed by atoms with Gasteiger partial charge in [-0.3, -0.25) is 9.69 Å². The number of furan rings is 1. The Hall–Kier alpha value is -1.59. The predicted octanol–water partition coefficient (Wildman–Crippen LogP) is 4.20. The lowest BCUT2D eigenvalue weighted by Gasteiger charge is -2.19. The smallest absolute Gasteiger partial charge is 0.159 e. The Labute approximate surface area is 138 Å². The summed E-state index contributed by atoms with van der Waals surface area (Å²) in [7, 11) is 2.08. The second-order valence-electron chi connectivity index (χ2n) is 5.63. The Morgan fingerprint density at radius 1 is 1.41 bits per heavy atom. The quantitative estimate of drug-likeness (QED) is 0.766. The molecule has 0 spiro atoms. The molecule has 4 nitrogen and oxygen atoms in total. The van der Waals surface area contributed by atoms with Crippen LogP contribution in [0.4, 0.5) is 0 Å². The Morgan fingerprint density at radius 3 is 2.95 bits per heavy atom. The van der Waals surface area contributed by atoms with Crippen LogP contribution in [0.1, 0.15) is 41.1 Å². The minimum atomic E-state index is -0.0434. The van der Waals surface area contributed by atoms with Crippen molar-refractivity contribution < 1.29 is 13.9 Å². The predicted molar refractivity (Wildman–Crippen MR) is 87.2 cm³/mol. The molecule has 0 amide bonds. The number of hydrogen-bond acceptors (Lipinski definition) is 4. The van der Waals surface area contributed by atoms with Crippen molar-refractivity contribution in [3.8, 4) is 5.75 Å². The summed E-state index contributed by atoms with van der Waals surface area (Å²) in [5, 5.41) is 0. The van der Waals surface area contributed by atoms with Crippen molar-refractivity contribution in [2.75, 3.05) is 13.6 Å². The fourth-order valence-corrected chi connectivity index (χ4v) is 3.15. The molecule has 1 aromatic carbocycles. The number of ether oxygens (including phenoxy) is 1. The van der Waals surface area contributed by atoms with Crippen LogP contribution in [0.15, 0.2) is 39.4 Å². The van der Waals surface area contributed by atoms with Gasteiger partial charge in [0.1, 0.15) is 17.6 Å². The van der Waals surface area contributed by atoms with Gasteiger partial charge < -0.3 is 9.15 Å². The molecule has 0 saturated carbocycles. The first-order chi connectivity index (χ1) is 10.5. The number of ketones is 1. The van der Waals surface area contributed by atoms with E-state index in [9.17, 15) is 4.79 Å². The number of nitrogens with zero attached hydrogens (tertiary/aromatic N) is 1. The maximum atomic E-state index is 11.4. The van der Waals surface area contributed by atoms with E-state index < -0.39 is 0 Å². The number of carbonyl (C=O) groups is 1. The van der Waals surface area contributed by atoms with Gasteiger partial charge in [-0.05, 0) is 54.2 Å². The molecule has 0 radical (unpaired) electrons. The molecule has 0 fully saturated rings. The molecule has 1 unspecified atom stereocenters. The van der Waals surface area contributed by atoms with Crippen LogP contribution in [-0.4, -0.2) is 24.3 Å². The molecule has 2 aromatic rings. The van der Waals surface area contributed by atoms with E-state index in [4.69, 9.17) is 9.15 Å². The molecule has 0 N–H and O–H groups in total. The summed E-state index contributed by atoms with van der Waals surface area (Å²) >= 11 is 3.49. The van der Waals surface area contributed by atoms with Crippen LogP contribution in [0.25, 0.3) is 0 Å². The average Bonchev–Trinajstić information content (AvgIpc) is 2.87. The second kappa shape index (κ2) is 6.26. The van der Waals surface area contributed by atoms with Crippen LogP contribution < -0.4 is 4.74 Å². The van der Waals surface area contributed by atoms with E-state index in [0.717, 1.165) is 41.1 Å². The molecule has 1 atom stereocenters. The molecular weight excluding hydrogens is 346 g/mol. The molecule has 5 heteroatoms. The third kappa shape index (κ3) is 3.10. The van der Waals surface area contributed by atoms with Crippen molar-refractivity contribution in [2.24, 2.45) is 0 Å². The van der Waals surface area contributed by atoms with E-state index >= 15 is 0 Å². The lowest BCUT2D eigenvalue weighted by molar-refractivity contribution is 0.101. The van der Waals surface area contributed by atoms with Crippen molar-refractivity contribution in [1.29, 1.82) is 0 Å². The van der Waals surface area contributed by atoms with Gasteiger partial charge >= 0.3 is 0 Å². The van der Waals surface area contributed by atoms with Crippen molar-refractivity contribution in [3.63, 3.8) is 0 Å². The zero-order chi connectivity index (χ0) is 15.7. The lowest BCUT2D eigenvalue weighted by atomic mass is 10.1. The van der Waals surface area contributed by atoms with E-state index in [1.54, 1.807) is 25.3 Å². The number of carbonyl (C=O) groups excluding carboxylic acids is 1. The fraction of sp³-hybridized carbons (Fsp3) is 0.353. The molecule has 0 saturated heterocycles. The number of benzene rings is 1. The van der Waals surface area contributed by atoms with Crippen LogP contribution >= 0.6 is 15.9 Å². The summed E-state index contributed by atoms with van der Waals surface area (Å²) in [4.78, 5) is 13.7. The Bertz CT molecular complexity index is 695. The minimum Gasteiger partial charge on any atom is -0.484 e. The first-order valence-corrected chi connectivity index (χ1v) is 8.06. The second-order valence-corrected chi connectivity index (χ2v) is 6.49. The molecule has 1 aliphatic rings. The summed E-state index contributed by atoms with van der Waals surface area (Å²) in [6.07, 6.45) is 2.57. The van der Waals surface area contributed by atoms with Crippen LogP contribution in [0.3, 0.4) is 0 Å². The van der Waals surface area contributed by atoms with Gasteiger partial charge in [-0.2, -0.15) is 0 Å². The molecule has 0 aliphatic carbocycles. The molecule has 22 heavy (non-hydrogen) atoms. The van der Waals surface area contributed by atoms with Gasteiger partial charge in [0.15, 0.2) is 5.78 Å². The standard InChI is InChI=1S/C17H18BrNO3/c1-11(20)12-3-4-16(14(18)9-12)22-15-5-7-19(2)10-17-13(15)6-8-21-17/h3-4,6,8-9,15H,5,7,10H2,1-2H3. The van der Waals surface area contributed by atoms with Crippen molar-refractivity contribution in [3.05, 3.63) is 51.9 Å². The maximum absolute atomic E-state index is 11.4. The highest BCUT2D eigenvalue weighted by atomic mass is 79.9. The van der Waals surface area contributed by atoms with E-state index in [1.807, 2.05) is 12.1 Å². The van der Waals surface area contributed by atoms with Gasteiger partial charge in [0.05, 0.1) is 17.3 Å². The van der Waals surface area contributed by atoms with Crippen molar-refractivity contribution in [1.82, 2.24) is 4.90 Å². The summed E-state index contributed by atoms with van der Waals surface area (Å²) < 4.78 is 12.6. The first kappa shape index (κ1) is 15.3. The highest BCUT2D eigenvalue weighted by Gasteiger charge is 2.25. The molecule has 116 valence electrons. The maximum Gasteiger partial charge on any atom is 0.159 e. The summed E-state index contributed by atoms with van der Waals surface area (Å²) in [5.74, 6) is 1.74. The number of hydrogen-bond donors (Lipinski definition) is 0. The molecule has 3 rings (SSSR count). The number of Topliss-reactive ketones (excluding diaryl/α,β-unsaturated/α-hetero) is 1. The Balaban J connectivity index is 1.86. The van der Waals surface area contributed by atoms with Crippen LogP contribution in [0, 0.1) is 0 Å². The van der Waals surface area contributed by atoms with Gasteiger partial charge in [-0.1, -0.05) is 0 Å². The van der Waals surface area contributed by atoms with E-state index in [-0.39, 0.29) is 11.9 Å². The number of fused-ring (bicyclic) bond motifs is 1. The third-order valence-corrected chi connectivity index (χ3v) is 4.54. The largest absolute Gasteiger partial charge is 0.484 e. The minimum absolute atomic E-state index is 0.0421. The third-order valence-electron chi connectivity index (χ3n) is 3.92. The van der Waals surface area contributed by atoms with Crippen molar-refractivity contribution >= 4 is 21.7 Å². The molecule has 0 bridgehead atoms. The summed E-state index contributed by atoms with van der Waals surface area (Å²) in [6.45, 7) is 3.30. The number of rotatable bonds is 3.